The molecule has 116 valence electrons. The molecule has 0 fully saturated rings. The van der Waals surface area contributed by atoms with Crippen LogP contribution < -0.4 is 4.90 Å². The molecule has 0 saturated carbocycles. The number of Topliss-reactive ketones (excluding diaryl/α,β-unsaturated/α-hetero) is 1. The monoisotopic (exact) mass is 322 g/mol. The lowest BCUT2D eigenvalue weighted by molar-refractivity contribution is 0.100. The third-order valence-electron chi connectivity index (χ3n) is 3.58. The van der Waals surface area contributed by atoms with Crippen LogP contribution in [0.15, 0.2) is 60.0 Å². The number of carbonyl (C=O) groups is 1. The minimum atomic E-state index is 0.0849. The van der Waals surface area contributed by atoms with Crippen LogP contribution in [-0.4, -0.2) is 17.3 Å². The molecule has 0 atom stereocenters. The van der Waals surface area contributed by atoms with Crippen molar-refractivity contribution in [3.8, 4) is 0 Å². The van der Waals surface area contributed by atoms with Crippen LogP contribution in [0.25, 0.3) is 0 Å². The molecule has 0 aliphatic carbocycles. The van der Waals surface area contributed by atoms with Gasteiger partial charge in [-0.2, -0.15) is 0 Å². The Morgan fingerprint density at radius 1 is 1.04 bits per heavy atom. The van der Waals surface area contributed by atoms with Crippen LogP contribution in [-0.2, 0) is 0 Å². The molecule has 0 amide bonds. The summed E-state index contributed by atoms with van der Waals surface area (Å²) in [5.74, 6) is 0.0849. The molecule has 23 heavy (non-hydrogen) atoms. The number of hydrogen-bond donors (Lipinski definition) is 0. The van der Waals surface area contributed by atoms with E-state index in [2.05, 4.69) is 4.98 Å². The molecule has 1 aromatic heterocycles. The highest BCUT2D eigenvalue weighted by molar-refractivity contribution is 7.13. The number of aryl methyl sites for hydroxylation is 2. The van der Waals surface area contributed by atoms with E-state index in [1.165, 1.54) is 0 Å². The summed E-state index contributed by atoms with van der Waals surface area (Å²) in [7, 11) is 0. The van der Waals surface area contributed by atoms with Crippen LogP contribution >= 0.6 is 11.3 Å². The molecule has 0 aliphatic rings. The van der Waals surface area contributed by atoms with Gasteiger partial charge in [-0.1, -0.05) is 48.0 Å². The maximum absolute atomic E-state index is 12.7. The van der Waals surface area contributed by atoms with Gasteiger partial charge in [0.05, 0.1) is 12.2 Å². The van der Waals surface area contributed by atoms with E-state index < -0.39 is 0 Å². The van der Waals surface area contributed by atoms with Gasteiger partial charge in [0.25, 0.3) is 0 Å². The second kappa shape index (κ2) is 6.75. The van der Waals surface area contributed by atoms with Gasteiger partial charge in [0, 0.05) is 16.6 Å². The first-order valence-electron chi connectivity index (χ1n) is 7.48. The van der Waals surface area contributed by atoms with E-state index in [-0.39, 0.29) is 12.3 Å². The minimum Gasteiger partial charge on any atom is -0.310 e. The summed E-state index contributed by atoms with van der Waals surface area (Å²) in [6, 6.07) is 17.6. The Morgan fingerprint density at radius 3 is 2.35 bits per heavy atom. The predicted octanol–water partition coefficient (Wildman–Crippen LogP) is 4.78. The number of rotatable bonds is 5. The molecular formula is C19H18N2OS. The van der Waals surface area contributed by atoms with Gasteiger partial charge in [0.2, 0.25) is 0 Å². The topological polar surface area (TPSA) is 33.2 Å². The average molecular weight is 322 g/mol. The largest absolute Gasteiger partial charge is 0.310 e. The van der Waals surface area contributed by atoms with E-state index in [4.69, 9.17) is 0 Å². The zero-order chi connectivity index (χ0) is 16.2. The van der Waals surface area contributed by atoms with E-state index >= 15 is 0 Å². The lowest BCUT2D eigenvalue weighted by Gasteiger charge is -2.21. The van der Waals surface area contributed by atoms with Gasteiger partial charge in [-0.05, 0) is 26.0 Å². The number of benzene rings is 2. The number of anilines is 2. The molecule has 3 rings (SSSR count). The zero-order valence-electron chi connectivity index (χ0n) is 13.2. The summed E-state index contributed by atoms with van der Waals surface area (Å²) >= 11 is 1.55. The fourth-order valence-corrected chi connectivity index (χ4v) is 3.14. The third kappa shape index (κ3) is 3.66. The molecule has 3 nitrogen and oxygen atoms in total. The lowest BCUT2D eigenvalue weighted by atomic mass is 10.1. The fraction of sp³-hybridized carbons (Fsp3) is 0.158. The van der Waals surface area contributed by atoms with Gasteiger partial charge in [-0.25, -0.2) is 4.98 Å². The Labute approximate surface area is 140 Å². The Bertz CT molecular complexity index is 794. The van der Waals surface area contributed by atoms with Crippen LogP contribution in [0.1, 0.15) is 21.6 Å². The molecule has 3 aromatic rings. The summed E-state index contributed by atoms with van der Waals surface area (Å²) in [6.07, 6.45) is 0. The second-order valence-corrected chi connectivity index (χ2v) is 6.32. The molecular weight excluding hydrogens is 304 g/mol. The summed E-state index contributed by atoms with van der Waals surface area (Å²) in [6.45, 7) is 4.26. The van der Waals surface area contributed by atoms with Gasteiger partial charge >= 0.3 is 0 Å². The molecule has 0 bridgehead atoms. The van der Waals surface area contributed by atoms with E-state index in [0.717, 1.165) is 27.6 Å². The Balaban J connectivity index is 1.90. The quantitative estimate of drug-likeness (QED) is 0.634. The van der Waals surface area contributed by atoms with E-state index in [1.54, 1.807) is 11.3 Å². The van der Waals surface area contributed by atoms with E-state index in [1.807, 2.05) is 78.7 Å². The van der Waals surface area contributed by atoms with Crippen molar-refractivity contribution in [2.45, 2.75) is 13.8 Å². The minimum absolute atomic E-state index is 0.0849. The van der Waals surface area contributed by atoms with Crippen LogP contribution in [0.4, 0.5) is 10.8 Å². The predicted molar refractivity (Wildman–Crippen MR) is 95.8 cm³/mol. The standard InChI is InChI=1S/C19H18N2OS/c1-14-8-10-16(11-9-14)18(22)12-21(17-6-4-3-5-7-17)19-20-15(2)13-23-19/h3-11,13H,12H2,1-2H3. The van der Waals surface area contributed by atoms with Crippen molar-refractivity contribution < 1.29 is 4.79 Å². The fourth-order valence-electron chi connectivity index (χ4n) is 2.32. The smallest absolute Gasteiger partial charge is 0.190 e. The van der Waals surface area contributed by atoms with E-state index in [0.29, 0.717) is 0 Å². The average Bonchev–Trinajstić information content (AvgIpc) is 3.00. The van der Waals surface area contributed by atoms with Gasteiger partial charge < -0.3 is 4.90 Å². The van der Waals surface area contributed by atoms with Crippen molar-refractivity contribution in [1.29, 1.82) is 0 Å². The highest BCUT2D eigenvalue weighted by Crippen LogP contribution is 2.28. The van der Waals surface area contributed by atoms with Crippen molar-refractivity contribution in [2.24, 2.45) is 0 Å². The van der Waals surface area contributed by atoms with Gasteiger partial charge in [0.1, 0.15) is 0 Å². The molecule has 1 heterocycles. The highest BCUT2D eigenvalue weighted by Gasteiger charge is 2.17. The molecule has 0 spiro atoms. The second-order valence-electron chi connectivity index (χ2n) is 5.48. The van der Waals surface area contributed by atoms with Gasteiger partial charge in [-0.3, -0.25) is 4.79 Å². The Kier molecular flexibility index (Phi) is 4.53. The van der Waals surface area contributed by atoms with Crippen molar-refractivity contribution in [3.05, 3.63) is 76.8 Å². The first-order valence-corrected chi connectivity index (χ1v) is 8.36. The number of thiazole rings is 1. The summed E-state index contributed by atoms with van der Waals surface area (Å²) in [5, 5.41) is 2.84. The summed E-state index contributed by atoms with van der Waals surface area (Å²) in [4.78, 5) is 19.2. The molecule has 0 aliphatic heterocycles. The molecule has 2 aromatic carbocycles. The first kappa shape index (κ1) is 15.4. The maximum Gasteiger partial charge on any atom is 0.190 e. The number of nitrogens with zero attached hydrogens (tertiary/aromatic N) is 2. The van der Waals surface area contributed by atoms with Gasteiger partial charge in [-0.15, -0.1) is 11.3 Å². The molecule has 0 N–H and O–H groups in total. The van der Waals surface area contributed by atoms with Crippen LogP contribution in [0.3, 0.4) is 0 Å². The Morgan fingerprint density at radius 2 is 1.74 bits per heavy atom. The van der Waals surface area contributed by atoms with Crippen LogP contribution in [0.2, 0.25) is 0 Å². The SMILES string of the molecule is Cc1ccc(C(=O)CN(c2ccccc2)c2nc(C)cs2)cc1. The molecule has 0 saturated heterocycles. The summed E-state index contributed by atoms with van der Waals surface area (Å²) < 4.78 is 0. The van der Waals surface area contributed by atoms with Crippen molar-refractivity contribution >= 4 is 27.9 Å². The highest BCUT2D eigenvalue weighted by atomic mass is 32.1. The van der Waals surface area contributed by atoms with Crippen molar-refractivity contribution in [3.63, 3.8) is 0 Å². The number of carbonyl (C=O) groups excluding carboxylic acids is 1. The van der Waals surface area contributed by atoms with Crippen LogP contribution in [0.5, 0.6) is 0 Å². The molecule has 4 heteroatoms. The number of para-hydroxylation sites is 1. The number of hydrogen-bond acceptors (Lipinski definition) is 4. The molecule has 0 radical (unpaired) electrons. The molecule has 0 unspecified atom stereocenters. The first-order chi connectivity index (χ1) is 11.1. The Hall–Kier alpha value is -2.46. The number of aromatic nitrogens is 1. The van der Waals surface area contributed by atoms with Crippen LogP contribution in [0, 0.1) is 13.8 Å². The number of ketones is 1. The summed E-state index contributed by atoms with van der Waals surface area (Å²) in [5.41, 5.74) is 3.82. The van der Waals surface area contributed by atoms with E-state index in [9.17, 15) is 4.79 Å². The lowest BCUT2D eigenvalue weighted by Crippen LogP contribution is -2.25. The van der Waals surface area contributed by atoms with Crippen molar-refractivity contribution in [1.82, 2.24) is 4.98 Å². The van der Waals surface area contributed by atoms with Crippen molar-refractivity contribution in [2.75, 3.05) is 11.4 Å². The normalized spacial score (nSPS) is 10.5. The third-order valence-corrected chi connectivity index (χ3v) is 4.56. The zero-order valence-corrected chi connectivity index (χ0v) is 14.0. The maximum atomic E-state index is 12.7. The van der Waals surface area contributed by atoms with Gasteiger partial charge in [0.15, 0.2) is 10.9 Å².